The van der Waals surface area contributed by atoms with E-state index >= 15 is 0 Å². The van der Waals surface area contributed by atoms with Gasteiger partial charge in [0.25, 0.3) is 0 Å². The molecule has 0 aliphatic carbocycles. The minimum absolute atomic E-state index is 0.261. The van der Waals surface area contributed by atoms with Crippen LogP contribution in [0.3, 0.4) is 0 Å². The highest BCUT2D eigenvalue weighted by molar-refractivity contribution is 5.78. The molecule has 5 heteroatoms. The standard InChI is InChI=1S/C23H29N3O2/c1-28-21-11-9-20(10-12-21)24-14-16-25(17-15-24)23(27)18-26-13-5-8-22(26)19-6-3-2-4-7-19/h2-4,6-7,9-12,22H,5,8,13-18H2,1H3/t22-/m0/s1. The molecule has 0 unspecified atom stereocenters. The quantitative estimate of drug-likeness (QED) is 0.799. The molecule has 4 rings (SSSR count). The molecule has 0 N–H and O–H groups in total. The summed E-state index contributed by atoms with van der Waals surface area (Å²) in [5, 5.41) is 0. The molecule has 1 atom stereocenters. The van der Waals surface area contributed by atoms with Gasteiger partial charge in [-0.25, -0.2) is 0 Å². The van der Waals surface area contributed by atoms with Gasteiger partial charge in [0.05, 0.1) is 13.7 Å². The molecule has 28 heavy (non-hydrogen) atoms. The van der Waals surface area contributed by atoms with Gasteiger partial charge in [0.15, 0.2) is 0 Å². The monoisotopic (exact) mass is 379 g/mol. The van der Waals surface area contributed by atoms with Gasteiger partial charge < -0.3 is 14.5 Å². The highest BCUT2D eigenvalue weighted by atomic mass is 16.5. The molecule has 2 aromatic carbocycles. The van der Waals surface area contributed by atoms with Gasteiger partial charge in [0, 0.05) is 37.9 Å². The average Bonchev–Trinajstić information content (AvgIpc) is 3.22. The van der Waals surface area contributed by atoms with Gasteiger partial charge in [-0.15, -0.1) is 0 Å². The number of hydrogen-bond acceptors (Lipinski definition) is 4. The van der Waals surface area contributed by atoms with Crippen LogP contribution in [-0.4, -0.2) is 62.1 Å². The maximum atomic E-state index is 12.9. The number of piperazine rings is 1. The molecule has 2 aliphatic rings. The van der Waals surface area contributed by atoms with E-state index in [0.717, 1.165) is 51.3 Å². The van der Waals surface area contributed by atoms with E-state index in [-0.39, 0.29) is 5.91 Å². The smallest absolute Gasteiger partial charge is 0.236 e. The summed E-state index contributed by atoms with van der Waals surface area (Å²) in [5.74, 6) is 1.13. The Bertz CT molecular complexity index is 770. The molecular formula is C23H29N3O2. The minimum Gasteiger partial charge on any atom is -0.497 e. The summed E-state index contributed by atoms with van der Waals surface area (Å²) in [6.07, 6.45) is 2.31. The molecule has 2 aromatic rings. The van der Waals surface area contributed by atoms with Crippen molar-refractivity contribution in [2.45, 2.75) is 18.9 Å². The number of carbonyl (C=O) groups excluding carboxylic acids is 1. The second-order valence-corrected chi connectivity index (χ2v) is 7.61. The number of amides is 1. The van der Waals surface area contributed by atoms with Crippen molar-refractivity contribution in [3.63, 3.8) is 0 Å². The maximum Gasteiger partial charge on any atom is 0.236 e. The molecule has 0 spiro atoms. The Morgan fingerprint density at radius 2 is 1.68 bits per heavy atom. The van der Waals surface area contributed by atoms with Crippen molar-refractivity contribution in [1.82, 2.24) is 9.80 Å². The minimum atomic E-state index is 0.261. The Morgan fingerprint density at radius 3 is 2.36 bits per heavy atom. The van der Waals surface area contributed by atoms with Crippen LogP contribution in [0, 0.1) is 0 Å². The molecular weight excluding hydrogens is 350 g/mol. The molecule has 1 amide bonds. The Morgan fingerprint density at radius 1 is 0.964 bits per heavy atom. The van der Waals surface area contributed by atoms with Crippen LogP contribution in [0.5, 0.6) is 5.75 Å². The molecule has 0 radical (unpaired) electrons. The van der Waals surface area contributed by atoms with Crippen molar-refractivity contribution in [2.24, 2.45) is 0 Å². The van der Waals surface area contributed by atoms with Crippen LogP contribution in [0.2, 0.25) is 0 Å². The van der Waals surface area contributed by atoms with Gasteiger partial charge >= 0.3 is 0 Å². The van der Waals surface area contributed by atoms with E-state index in [1.54, 1.807) is 7.11 Å². The van der Waals surface area contributed by atoms with E-state index in [9.17, 15) is 4.79 Å². The first-order valence-electron chi connectivity index (χ1n) is 10.2. The fourth-order valence-electron chi connectivity index (χ4n) is 4.35. The summed E-state index contributed by atoms with van der Waals surface area (Å²) in [6.45, 7) is 4.86. The summed E-state index contributed by atoms with van der Waals surface area (Å²) in [7, 11) is 1.68. The second kappa shape index (κ2) is 8.65. The van der Waals surface area contributed by atoms with E-state index < -0.39 is 0 Å². The summed E-state index contributed by atoms with van der Waals surface area (Å²) < 4.78 is 5.23. The molecule has 0 saturated carbocycles. The molecule has 0 aromatic heterocycles. The third-order valence-corrected chi connectivity index (χ3v) is 5.96. The number of hydrogen-bond donors (Lipinski definition) is 0. The lowest BCUT2D eigenvalue weighted by Crippen LogP contribution is -2.51. The highest BCUT2D eigenvalue weighted by Gasteiger charge is 2.30. The molecule has 2 saturated heterocycles. The number of ether oxygens (including phenoxy) is 1. The van der Waals surface area contributed by atoms with Gasteiger partial charge in [-0.2, -0.15) is 0 Å². The normalized spacial score (nSPS) is 20.4. The Hall–Kier alpha value is -2.53. The van der Waals surface area contributed by atoms with Crippen LogP contribution in [0.4, 0.5) is 5.69 Å². The Labute approximate surface area is 167 Å². The van der Waals surface area contributed by atoms with Crippen LogP contribution < -0.4 is 9.64 Å². The maximum absolute atomic E-state index is 12.9. The first-order chi connectivity index (χ1) is 13.7. The number of rotatable bonds is 5. The zero-order chi connectivity index (χ0) is 19.3. The lowest BCUT2D eigenvalue weighted by molar-refractivity contribution is -0.133. The lowest BCUT2D eigenvalue weighted by atomic mass is 10.0. The van der Waals surface area contributed by atoms with Crippen molar-refractivity contribution in [3.05, 3.63) is 60.2 Å². The van der Waals surface area contributed by atoms with Gasteiger partial charge in [-0.05, 0) is 49.2 Å². The fourth-order valence-corrected chi connectivity index (χ4v) is 4.35. The molecule has 0 bridgehead atoms. The molecule has 148 valence electrons. The summed E-state index contributed by atoms with van der Waals surface area (Å²) in [6, 6.07) is 19.1. The largest absolute Gasteiger partial charge is 0.497 e. The number of carbonyl (C=O) groups is 1. The first-order valence-corrected chi connectivity index (χ1v) is 10.2. The van der Waals surface area contributed by atoms with Crippen molar-refractivity contribution in [3.8, 4) is 5.75 Å². The average molecular weight is 380 g/mol. The molecule has 2 fully saturated rings. The van der Waals surface area contributed by atoms with Crippen molar-refractivity contribution in [1.29, 1.82) is 0 Å². The van der Waals surface area contributed by atoms with E-state index in [4.69, 9.17) is 4.74 Å². The van der Waals surface area contributed by atoms with Crippen LogP contribution in [0.25, 0.3) is 0 Å². The predicted molar refractivity (Wildman–Crippen MR) is 112 cm³/mol. The summed E-state index contributed by atoms with van der Waals surface area (Å²) in [5.41, 5.74) is 2.52. The summed E-state index contributed by atoms with van der Waals surface area (Å²) >= 11 is 0. The van der Waals surface area contributed by atoms with Gasteiger partial charge in [-0.1, -0.05) is 30.3 Å². The Kier molecular flexibility index (Phi) is 5.81. The topological polar surface area (TPSA) is 36.0 Å². The van der Waals surface area contributed by atoms with Crippen LogP contribution in [-0.2, 0) is 4.79 Å². The highest BCUT2D eigenvalue weighted by Crippen LogP contribution is 2.31. The van der Waals surface area contributed by atoms with Crippen molar-refractivity contribution >= 4 is 11.6 Å². The van der Waals surface area contributed by atoms with E-state index in [1.807, 2.05) is 17.0 Å². The zero-order valence-electron chi connectivity index (χ0n) is 16.6. The second-order valence-electron chi connectivity index (χ2n) is 7.61. The van der Waals surface area contributed by atoms with Gasteiger partial charge in [0.1, 0.15) is 5.75 Å². The number of nitrogens with zero attached hydrogens (tertiary/aromatic N) is 3. The van der Waals surface area contributed by atoms with Crippen molar-refractivity contribution < 1.29 is 9.53 Å². The number of likely N-dealkylation sites (tertiary alicyclic amines) is 1. The summed E-state index contributed by atoms with van der Waals surface area (Å²) in [4.78, 5) is 19.6. The molecule has 2 heterocycles. The van der Waals surface area contributed by atoms with Crippen LogP contribution in [0.15, 0.2) is 54.6 Å². The molecule has 2 aliphatic heterocycles. The molecule has 5 nitrogen and oxygen atoms in total. The predicted octanol–water partition coefficient (Wildman–Crippen LogP) is 3.18. The van der Waals surface area contributed by atoms with E-state index in [0.29, 0.717) is 12.6 Å². The fraction of sp³-hybridized carbons (Fsp3) is 0.435. The third kappa shape index (κ3) is 4.14. The van der Waals surface area contributed by atoms with Crippen molar-refractivity contribution in [2.75, 3.05) is 51.3 Å². The Balaban J connectivity index is 1.31. The number of benzene rings is 2. The van der Waals surface area contributed by atoms with E-state index in [2.05, 4.69) is 52.3 Å². The van der Waals surface area contributed by atoms with E-state index in [1.165, 1.54) is 11.3 Å². The van der Waals surface area contributed by atoms with Gasteiger partial charge in [-0.3, -0.25) is 9.69 Å². The third-order valence-electron chi connectivity index (χ3n) is 5.96. The van der Waals surface area contributed by atoms with Gasteiger partial charge in [0.2, 0.25) is 5.91 Å². The zero-order valence-corrected chi connectivity index (χ0v) is 16.6. The van der Waals surface area contributed by atoms with Crippen LogP contribution >= 0.6 is 0 Å². The first kappa shape index (κ1) is 18.8. The van der Waals surface area contributed by atoms with Crippen LogP contribution in [0.1, 0.15) is 24.4 Å². The number of methoxy groups -OCH3 is 1. The number of anilines is 1. The lowest BCUT2D eigenvalue weighted by Gasteiger charge is -2.37. The SMILES string of the molecule is COc1ccc(N2CCN(C(=O)CN3CCC[C@H]3c3ccccc3)CC2)cc1.